The van der Waals surface area contributed by atoms with E-state index in [1.165, 1.54) is 32.1 Å². The average Bonchev–Trinajstić information content (AvgIpc) is 2.48. The highest BCUT2D eigenvalue weighted by Crippen LogP contribution is 2.44. The van der Waals surface area contributed by atoms with Crippen LogP contribution in [0.5, 0.6) is 0 Å². The highest BCUT2D eigenvalue weighted by Gasteiger charge is 2.32. The van der Waals surface area contributed by atoms with Gasteiger partial charge in [0.15, 0.2) is 0 Å². The molecule has 0 bridgehead atoms. The zero-order valence-corrected chi connectivity index (χ0v) is 16.6. The summed E-state index contributed by atoms with van der Waals surface area (Å²) in [6.45, 7) is 15.0. The van der Waals surface area contributed by atoms with Gasteiger partial charge in [0.1, 0.15) is 5.60 Å². The predicted octanol–water partition coefficient (Wildman–Crippen LogP) is 4.65. The Kier molecular flexibility index (Phi) is 8.28. The Balaban J connectivity index is 2.26. The molecule has 2 atom stereocenters. The molecule has 1 aliphatic rings. The van der Waals surface area contributed by atoms with Crippen molar-refractivity contribution in [3.8, 4) is 0 Å². The first-order valence-corrected chi connectivity index (χ1v) is 9.57. The summed E-state index contributed by atoms with van der Waals surface area (Å²) in [6.07, 6.45) is 8.32. The van der Waals surface area contributed by atoms with Crippen LogP contribution in [-0.4, -0.2) is 31.3 Å². The quantitative estimate of drug-likeness (QED) is 0.500. The lowest BCUT2D eigenvalue weighted by Gasteiger charge is -2.39. The number of carbonyl (C=O) groups excluding carboxylic acids is 1. The van der Waals surface area contributed by atoms with Crippen LogP contribution < -0.4 is 10.6 Å². The molecule has 1 amide bonds. The maximum Gasteiger partial charge on any atom is 0.407 e. The summed E-state index contributed by atoms with van der Waals surface area (Å²) < 4.78 is 5.22. The molecule has 4 heteroatoms. The van der Waals surface area contributed by atoms with Crippen molar-refractivity contribution < 1.29 is 9.53 Å². The third kappa shape index (κ3) is 7.69. The van der Waals surface area contributed by atoms with Gasteiger partial charge in [-0.05, 0) is 64.3 Å². The molecule has 0 aromatic rings. The minimum absolute atomic E-state index is 0.340. The van der Waals surface area contributed by atoms with E-state index < -0.39 is 5.60 Å². The Hall–Kier alpha value is -1.03. The second kappa shape index (κ2) is 9.45. The maximum atomic E-state index is 11.6. The van der Waals surface area contributed by atoms with Crippen LogP contribution in [0.15, 0.2) is 11.6 Å². The molecule has 1 rings (SSSR count). The molecule has 1 aliphatic carbocycles. The molecule has 0 radical (unpaired) electrons. The van der Waals surface area contributed by atoms with Crippen molar-refractivity contribution in [2.45, 2.75) is 79.2 Å². The number of hydrogen-bond donors (Lipinski definition) is 2. The van der Waals surface area contributed by atoms with E-state index in [1.807, 2.05) is 20.8 Å². The Bertz CT molecular complexity index is 426. The van der Waals surface area contributed by atoms with Crippen LogP contribution in [0.25, 0.3) is 0 Å². The van der Waals surface area contributed by atoms with E-state index in [4.69, 9.17) is 4.74 Å². The highest BCUT2D eigenvalue weighted by atomic mass is 16.6. The molecule has 140 valence electrons. The number of alkyl carbamates (subject to hydrolysis) is 1. The van der Waals surface area contributed by atoms with Gasteiger partial charge in [-0.3, -0.25) is 0 Å². The van der Waals surface area contributed by atoms with Gasteiger partial charge in [0.2, 0.25) is 0 Å². The van der Waals surface area contributed by atoms with Gasteiger partial charge >= 0.3 is 6.09 Å². The lowest BCUT2D eigenvalue weighted by Crippen LogP contribution is -2.37. The third-order valence-electron chi connectivity index (χ3n) is 4.88. The standard InChI is InChI=1S/C20H38N2O2/c1-7-17-13-16(3)14-20(8-2,15-17)9-10-21-11-12-22-18(23)24-19(4,5)6/h13,16,21H,7-12,14-15H2,1-6H3,(H,22,23). The first-order valence-electron chi connectivity index (χ1n) is 9.57. The lowest BCUT2D eigenvalue weighted by atomic mass is 9.66. The topological polar surface area (TPSA) is 50.4 Å². The van der Waals surface area contributed by atoms with Crippen LogP contribution in [0.1, 0.15) is 73.6 Å². The smallest absolute Gasteiger partial charge is 0.407 e. The van der Waals surface area contributed by atoms with E-state index in [-0.39, 0.29) is 6.09 Å². The summed E-state index contributed by atoms with van der Waals surface area (Å²) in [6, 6.07) is 0. The molecule has 0 spiro atoms. The van der Waals surface area contributed by atoms with Crippen LogP contribution in [0.4, 0.5) is 4.79 Å². The van der Waals surface area contributed by atoms with Gasteiger partial charge in [0.05, 0.1) is 0 Å². The monoisotopic (exact) mass is 338 g/mol. The van der Waals surface area contributed by atoms with Crippen molar-refractivity contribution >= 4 is 6.09 Å². The van der Waals surface area contributed by atoms with E-state index in [1.54, 1.807) is 5.57 Å². The number of hydrogen-bond acceptors (Lipinski definition) is 3. The Labute approximate surface area is 148 Å². The number of nitrogens with one attached hydrogen (secondary N) is 2. The van der Waals surface area contributed by atoms with Crippen LogP contribution in [0, 0.1) is 11.3 Å². The molecule has 24 heavy (non-hydrogen) atoms. The molecule has 0 heterocycles. The van der Waals surface area contributed by atoms with Crippen LogP contribution in [-0.2, 0) is 4.74 Å². The van der Waals surface area contributed by atoms with Crippen molar-refractivity contribution in [2.75, 3.05) is 19.6 Å². The predicted molar refractivity (Wildman–Crippen MR) is 101 cm³/mol. The molecule has 0 aromatic carbocycles. The van der Waals surface area contributed by atoms with Gasteiger partial charge in [-0.2, -0.15) is 0 Å². The van der Waals surface area contributed by atoms with E-state index in [2.05, 4.69) is 37.5 Å². The normalized spacial score (nSPS) is 24.4. The van der Waals surface area contributed by atoms with Gasteiger partial charge in [-0.25, -0.2) is 4.79 Å². The van der Waals surface area contributed by atoms with Gasteiger partial charge in [0, 0.05) is 13.1 Å². The van der Waals surface area contributed by atoms with Crippen molar-refractivity contribution in [3.05, 3.63) is 11.6 Å². The molecule has 4 nitrogen and oxygen atoms in total. The molecule has 0 fully saturated rings. The van der Waals surface area contributed by atoms with E-state index in [0.29, 0.717) is 17.9 Å². The Morgan fingerprint density at radius 2 is 2.00 bits per heavy atom. The number of ether oxygens (including phenoxy) is 1. The molecule has 0 aromatic heterocycles. The molecule has 2 N–H and O–H groups in total. The van der Waals surface area contributed by atoms with Crippen molar-refractivity contribution in [1.29, 1.82) is 0 Å². The first kappa shape index (κ1) is 21.0. The zero-order valence-electron chi connectivity index (χ0n) is 16.6. The van der Waals surface area contributed by atoms with Crippen LogP contribution >= 0.6 is 0 Å². The molecule has 2 unspecified atom stereocenters. The Morgan fingerprint density at radius 3 is 2.58 bits per heavy atom. The first-order chi connectivity index (χ1) is 11.2. The summed E-state index contributed by atoms with van der Waals surface area (Å²) in [4.78, 5) is 11.6. The maximum absolute atomic E-state index is 11.6. The average molecular weight is 339 g/mol. The van der Waals surface area contributed by atoms with Crippen LogP contribution in [0.3, 0.4) is 0 Å². The number of amides is 1. The molecular formula is C20H38N2O2. The number of allylic oxidation sites excluding steroid dienone is 2. The highest BCUT2D eigenvalue weighted by molar-refractivity contribution is 5.67. The fourth-order valence-corrected chi connectivity index (χ4v) is 3.68. The summed E-state index contributed by atoms with van der Waals surface area (Å²) in [5.41, 5.74) is 1.64. The van der Waals surface area contributed by atoms with Crippen molar-refractivity contribution in [3.63, 3.8) is 0 Å². The summed E-state index contributed by atoms with van der Waals surface area (Å²) in [7, 11) is 0. The summed E-state index contributed by atoms with van der Waals surface area (Å²) in [5, 5.41) is 6.26. The SMILES string of the molecule is CCC1=CC(C)CC(CC)(CCNCCNC(=O)OC(C)(C)C)C1. The minimum atomic E-state index is -0.437. The van der Waals surface area contributed by atoms with E-state index >= 15 is 0 Å². The van der Waals surface area contributed by atoms with Crippen LogP contribution in [0.2, 0.25) is 0 Å². The van der Waals surface area contributed by atoms with Crippen molar-refractivity contribution in [1.82, 2.24) is 10.6 Å². The number of carbonyl (C=O) groups is 1. The lowest BCUT2D eigenvalue weighted by molar-refractivity contribution is 0.0528. The largest absolute Gasteiger partial charge is 0.444 e. The van der Waals surface area contributed by atoms with Gasteiger partial charge in [0.25, 0.3) is 0 Å². The fraction of sp³-hybridized carbons (Fsp3) is 0.850. The molecule has 0 aliphatic heterocycles. The molecule has 0 saturated heterocycles. The summed E-state index contributed by atoms with van der Waals surface area (Å²) >= 11 is 0. The third-order valence-corrected chi connectivity index (χ3v) is 4.88. The number of rotatable bonds is 8. The van der Waals surface area contributed by atoms with Crippen molar-refractivity contribution in [2.24, 2.45) is 11.3 Å². The Morgan fingerprint density at radius 1 is 1.29 bits per heavy atom. The molecule has 0 saturated carbocycles. The van der Waals surface area contributed by atoms with E-state index in [0.717, 1.165) is 13.1 Å². The van der Waals surface area contributed by atoms with Gasteiger partial charge in [-0.1, -0.05) is 38.8 Å². The second-order valence-electron chi connectivity index (χ2n) is 8.32. The van der Waals surface area contributed by atoms with Gasteiger partial charge in [-0.15, -0.1) is 0 Å². The van der Waals surface area contributed by atoms with Gasteiger partial charge < -0.3 is 15.4 Å². The van der Waals surface area contributed by atoms with E-state index in [9.17, 15) is 4.79 Å². The molecular weight excluding hydrogens is 300 g/mol. The second-order valence-corrected chi connectivity index (χ2v) is 8.32. The summed E-state index contributed by atoms with van der Waals surface area (Å²) in [5.74, 6) is 0.697. The zero-order chi connectivity index (χ0) is 18.2. The minimum Gasteiger partial charge on any atom is -0.444 e. The fourth-order valence-electron chi connectivity index (χ4n) is 3.68.